The first-order chi connectivity index (χ1) is 9.10. The lowest BCUT2D eigenvalue weighted by molar-refractivity contribution is -0.137. The molecular weight excluding hydrogens is 267 g/mol. The summed E-state index contributed by atoms with van der Waals surface area (Å²) in [5.74, 6) is 0. The first-order valence-electron chi connectivity index (χ1n) is 6.65. The van der Waals surface area contributed by atoms with E-state index in [4.69, 9.17) is 0 Å². The molecule has 1 aromatic carbocycles. The molecule has 0 saturated heterocycles. The van der Waals surface area contributed by atoms with Gasteiger partial charge in [0.15, 0.2) is 0 Å². The summed E-state index contributed by atoms with van der Waals surface area (Å²) in [6.45, 7) is 7.04. The molecule has 1 atom stereocenters. The highest BCUT2D eigenvalue weighted by atomic mass is 19.4. The Labute approximate surface area is 118 Å². The highest BCUT2D eigenvalue weighted by molar-refractivity contribution is 5.24. The molecule has 0 aliphatic heterocycles. The zero-order chi connectivity index (χ0) is 15.4. The molecule has 2 N–H and O–H groups in total. The van der Waals surface area contributed by atoms with Gasteiger partial charge in [-0.1, -0.05) is 26.0 Å². The molecule has 0 radical (unpaired) electrons. The predicted molar refractivity (Wildman–Crippen MR) is 73.2 cm³/mol. The summed E-state index contributed by atoms with van der Waals surface area (Å²) in [4.78, 5) is 0. The number of aliphatic hydroxyl groups excluding tert-OH is 1. The first kappa shape index (κ1) is 17.0. The van der Waals surface area contributed by atoms with E-state index in [9.17, 15) is 18.3 Å². The summed E-state index contributed by atoms with van der Waals surface area (Å²) in [6.07, 6.45) is -3.98. The second-order valence-corrected chi connectivity index (χ2v) is 6.02. The molecular formula is C15H22F3NO. The van der Waals surface area contributed by atoms with E-state index in [0.717, 1.165) is 17.7 Å². The molecule has 20 heavy (non-hydrogen) atoms. The third-order valence-corrected chi connectivity index (χ3v) is 3.06. The summed E-state index contributed by atoms with van der Waals surface area (Å²) in [6, 6.07) is 5.16. The SMILES string of the molecule is CC(O)CC(C)(C)CNCc1ccc(C(F)(F)F)cc1. The van der Waals surface area contributed by atoms with Crippen LogP contribution < -0.4 is 5.32 Å². The minimum absolute atomic E-state index is 0.0555. The van der Waals surface area contributed by atoms with Crippen molar-refractivity contribution in [1.82, 2.24) is 5.32 Å². The Bertz CT molecular complexity index is 410. The smallest absolute Gasteiger partial charge is 0.393 e. The van der Waals surface area contributed by atoms with Crippen molar-refractivity contribution in [3.63, 3.8) is 0 Å². The van der Waals surface area contributed by atoms with Gasteiger partial charge in [-0.05, 0) is 36.5 Å². The molecule has 0 bridgehead atoms. The maximum absolute atomic E-state index is 12.4. The van der Waals surface area contributed by atoms with Crippen molar-refractivity contribution < 1.29 is 18.3 Å². The van der Waals surface area contributed by atoms with E-state index in [0.29, 0.717) is 19.5 Å². The van der Waals surface area contributed by atoms with Crippen molar-refractivity contribution in [2.24, 2.45) is 5.41 Å². The van der Waals surface area contributed by atoms with Crippen LogP contribution in [0.5, 0.6) is 0 Å². The van der Waals surface area contributed by atoms with Gasteiger partial charge in [0.2, 0.25) is 0 Å². The molecule has 1 rings (SSSR count). The number of alkyl halides is 3. The maximum atomic E-state index is 12.4. The largest absolute Gasteiger partial charge is 0.416 e. The minimum atomic E-state index is -4.29. The number of hydrogen-bond acceptors (Lipinski definition) is 2. The Kier molecular flexibility index (Phi) is 5.59. The van der Waals surface area contributed by atoms with Crippen LogP contribution in [0, 0.1) is 5.41 Å². The molecule has 0 heterocycles. The normalized spacial score (nSPS) is 14.3. The number of halogens is 3. The van der Waals surface area contributed by atoms with Crippen LogP contribution >= 0.6 is 0 Å². The highest BCUT2D eigenvalue weighted by Gasteiger charge is 2.29. The topological polar surface area (TPSA) is 32.3 Å². The number of aliphatic hydroxyl groups is 1. The van der Waals surface area contributed by atoms with Crippen molar-refractivity contribution in [1.29, 1.82) is 0 Å². The summed E-state index contributed by atoms with van der Waals surface area (Å²) in [5, 5.41) is 12.6. The molecule has 0 aliphatic carbocycles. The van der Waals surface area contributed by atoms with E-state index in [1.54, 1.807) is 6.92 Å². The second kappa shape index (κ2) is 6.59. The molecule has 1 aromatic rings. The number of nitrogens with one attached hydrogen (secondary N) is 1. The van der Waals surface area contributed by atoms with Gasteiger partial charge in [0.05, 0.1) is 11.7 Å². The molecule has 0 amide bonds. The van der Waals surface area contributed by atoms with Gasteiger partial charge in [-0.25, -0.2) is 0 Å². The molecule has 0 fully saturated rings. The summed E-state index contributed by atoms with van der Waals surface area (Å²) in [7, 11) is 0. The van der Waals surface area contributed by atoms with Crippen LogP contribution in [-0.2, 0) is 12.7 Å². The monoisotopic (exact) mass is 289 g/mol. The van der Waals surface area contributed by atoms with Gasteiger partial charge in [-0.15, -0.1) is 0 Å². The number of hydrogen-bond donors (Lipinski definition) is 2. The van der Waals surface area contributed by atoms with Crippen LogP contribution in [0.15, 0.2) is 24.3 Å². The van der Waals surface area contributed by atoms with Gasteiger partial charge < -0.3 is 10.4 Å². The molecule has 1 unspecified atom stereocenters. The molecule has 0 aromatic heterocycles. The van der Waals surface area contributed by atoms with E-state index in [1.807, 2.05) is 13.8 Å². The van der Waals surface area contributed by atoms with E-state index < -0.39 is 11.7 Å². The molecule has 2 nitrogen and oxygen atoms in total. The average molecular weight is 289 g/mol. The summed E-state index contributed by atoms with van der Waals surface area (Å²) in [5.41, 5.74) is 0.126. The van der Waals surface area contributed by atoms with Crippen LogP contribution in [0.1, 0.15) is 38.3 Å². The van der Waals surface area contributed by atoms with E-state index in [1.165, 1.54) is 12.1 Å². The quantitative estimate of drug-likeness (QED) is 0.839. The van der Waals surface area contributed by atoms with Gasteiger partial charge in [0.1, 0.15) is 0 Å². The lowest BCUT2D eigenvalue weighted by Crippen LogP contribution is -2.31. The second-order valence-electron chi connectivity index (χ2n) is 6.02. The van der Waals surface area contributed by atoms with Crippen LogP contribution in [0.4, 0.5) is 13.2 Å². The average Bonchev–Trinajstić information content (AvgIpc) is 2.26. The Morgan fingerprint density at radius 3 is 2.15 bits per heavy atom. The fraction of sp³-hybridized carbons (Fsp3) is 0.600. The van der Waals surface area contributed by atoms with Gasteiger partial charge >= 0.3 is 6.18 Å². The summed E-state index contributed by atoms with van der Waals surface area (Å²) < 4.78 is 37.2. The Hall–Kier alpha value is -1.07. The number of rotatable bonds is 6. The standard InChI is InChI=1S/C15H22F3NO/c1-11(20)8-14(2,3)10-19-9-12-4-6-13(7-5-12)15(16,17)18/h4-7,11,19-20H,8-10H2,1-3H3. The lowest BCUT2D eigenvalue weighted by atomic mass is 9.87. The van der Waals surface area contributed by atoms with Gasteiger partial charge in [-0.3, -0.25) is 0 Å². The van der Waals surface area contributed by atoms with Crippen molar-refractivity contribution in [3.8, 4) is 0 Å². The highest BCUT2D eigenvalue weighted by Crippen LogP contribution is 2.29. The molecule has 114 valence electrons. The minimum Gasteiger partial charge on any atom is -0.393 e. The van der Waals surface area contributed by atoms with Crippen molar-refractivity contribution in [2.75, 3.05) is 6.54 Å². The third kappa shape index (κ3) is 5.92. The summed E-state index contributed by atoms with van der Waals surface area (Å²) >= 11 is 0. The predicted octanol–water partition coefficient (Wildman–Crippen LogP) is 3.59. The fourth-order valence-electron chi connectivity index (χ4n) is 2.23. The zero-order valence-corrected chi connectivity index (χ0v) is 12.1. The van der Waals surface area contributed by atoms with E-state index in [-0.39, 0.29) is 11.5 Å². The fourth-order valence-corrected chi connectivity index (χ4v) is 2.23. The Morgan fingerprint density at radius 1 is 1.15 bits per heavy atom. The van der Waals surface area contributed by atoms with Gasteiger partial charge in [0, 0.05) is 13.1 Å². The van der Waals surface area contributed by atoms with Crippen molar-refractivity contribution in [3.05, 3.63) is 35.4 Å². The number of benzene rings is 1. The lowest BCUT2D eigenvalue weighted by Gasteiger charge is -2.26. The van der Waals surface area contributed by atoms with Crippen molar-refractivity contribution >= 4 is 0 Å². The van der Waals surface area contributed by atoms with Crippen LogP contribution in [0.25, 0.3) is 0 Å². The van der Waals surface area contributed by atoms with Crippen LogP contribution in [0.2, 0.25) is 0 Å². The first-order valence-corrected chi connectivity index (χ1v) is 6.65. The van der Waals surface area contributed by atoms with E-state index in [2.05, 4.69) is 5.32 Å². The molecule has 5 heteroatoms. The van der Waals surface area contributed by atoms with Gasteiger partial charge in [0.25, 0.3) is 0 Å². The maximum Gasteiger partial charge on any atom is 0.416 e. The van der Waals surface area contributed by atoms with Crippen LogP contribution in [-0.4, -0.2) is 17.8 Å². The molecule has 0 aliphatic rings. The van der Waals surface area contributed by atoms with Crippen LogP contribution in [0.3, 0.4) is 0 Å². The Morgan fingerprint density at radius 2 is 1.70 bits per heavy atom. The molecule has 0 saturated carbocycles. The molecule has 0 spiro atoms. The van der Waals surface area contributed by atoms with Gasteiger partial charge in [-0.2, -0.15) is 13.2 Å². The van der Waals surface area contributed by atoms with Crippen molar-refractivity contribution in [2.45, 2.75) is 46.0 Å². The Balaban J connectivity index is 2.47. The third-order valence-electron chi connectivity index (χ3n) is 3.06. The van der Waals surface area contributed by atoms with E-state index >= 15 is 0 Å². The zero-order valence-electron chi connectivity index (χ0n) is 12.1.